The second-order valence-corrected chi connectivity index (χ2v) is 5.13. The predicted molar refractivity (Wildman–Crippen MR) is 81.8 cm³/mol. The topological polar surface area (TPSA) is 49.3 Å². The van der Waals surface area contributed by atoms with Crippen molar-refractivity contribution in [1.29, 1.82) is 0 Å². The normalized spacial score (nSPS) is 9.70. The third-order valence-corrected chi connectivity index (χ3v) is 3.50. The fourth-order valence-corrected chi connectivity index (χ4v) is 2.42. The number of anilines is 1. The summed E-state index contributed by atoms with van der Waals surface area (Å²) < 4.78 is 0. The van der Waals surface area contributed by atoms with E-state index in [2.05, 4.69) is 17.2 Å². The second kappa shape index (κ2) is 6.90. The van der Waals surface area contributed by atoms with Crippen LogP contribution in [0.2, 0.25) is 0 Å². The van der Waals surface area contributed by atoms with E-state index in [0.29, 0.717) is 6.42 Å². The van der Waals surface area contributed by atoms with E-state index in [1.54, 1.807) is 11.3 Å². The Labute approximate surface area is 122 Å². The van der Waals surface area contributed by atoms with Crippen LogP contribution in [0.15, 0.2) is 35.0 Å². The van der Waals surface area contributed by atoms with Crippen LogP contribution >= 0.6 is 11.3 Å². The lowest BCUT2D eigenvalue weighted by Crippen LogP contribution is -2.14. The number of rotatable bonds is 3. The molecule has 102 valence electrons. The molecule has 0 saturated carbocycles. The minimum absolute atomic E-state index is 0.0428. The highest BCUT2D eigenvalue weighted by Crippen LogP contribution is 2.17. The van der Waals surface area contributed by atoms with Crippen molar-refractivity contribution in [3.63, 3.8) is 0 Å². The van der Waals surface area contributed by atoms with E-state index in [1.807, 2.05) is 41.9 Å². The van der Waals surface area contributed by atoms with Crippen LogP contribution in [0.5, 0.6) is 0 Å². The van der Waals surface area contributed by atoms with Gasteiger partial charge in [0.1, 0.15) is 6.61 Å². The molecule has 0 aliphatic carbocycles. The lowest BCUT2D eigenvalue weighted by molar-refractivity contribution is -0.115. The first-order valence-electron chi connectivity index (χ1n) is 6.20. The molecule has 0 aliphatic heterocycles. The SMILES string of the molecule is Cc1ccc(C#CCO)cc1NC(=O)Cc1ccsc1. The minimum Gasteiger partial charge on any atom is -0.384 e. The van der Waals surface area contributed by atoms with E-state index < -0.39 is 0 Å². The summed E-state index contributed by atoms with van der Waals surface area (Å²) in [6, 6.07) is 7.54. The van der Waals surface area contributed by atoms with Gasteiger partial charge in [-0.05, 0) is 47.0 Å². The van der Waals surface area contributed by atoms with Gasteiger partial charge in [-0.3, -0.25) is 4.79 Å². The third kappa shape index (κ3) is 3.95. The molecular weight excluding hydrogens is 270 g/mol. The molecular formula is C16H15NO2S. The summed E-state index contributed by atoms with van der Waals surface area (Å²) in [6.45, 7) is 1.76. The standard InChI is InChI=1S/C16H15NO2S/c1-12-4-5-13(3-2-7-18)9-15(12)17-16(19)10-14-6-8-20-11-14/h4-6,8-9,11,18H,7,10H2,1H3,(H,17,19). The van der Waals surface area contributed by atoms with Gasteiger partial charge >= 0.3 is 0 Å². The number of hydrogen-bond acceptors (Lipinski definition) is 3. The van der Waals surface area contributed by atoms with E-state index in [4.69, 9.17) is 5.11 Å². The Hall–Kier alpha value is -2.09. The molecule has 0 unspecified atom stereocenters. The highest BCUT2D eigenvalue weighted by Gasteiger charge is 2.06. The van der Waals surface area contributed by atoms with Crippen molar-refractivity contribution in [1.82, 2.24) is 0 Å². The highest BCUT2D eigenvalue weighted by atomic mass is 32.1. The summed E-state index contributed by atoms with van der Waals surface area (Å²) in [5.74, 6) is 5.38. The lowest BCUT2D eigenvalue weighted by atomic mass is 10.1. The first-order valence-corrected chi connectivity index (χ1v) is 7.14. The zero-order valence-corrected chi connectivity index (χ0v) is 12.0. The van der Waals surface area contributed by atoms with Gasteiger partial charge in [0.05, 0.1) is 6.42 Å². The molecule has 0 bridgehead atoms. The van der Waals surface area contributed by atoms with Crippen LogP contribution in [0.4, 0.5) is 5.69 Å². The molecule has 0 spiro atoms. The smallest absolute Gasteiger partial charge is 0.228 e. The van der Waals surface area contributed by atoms with Crippen molar-refractivity contribution < 1.29 is 9.90 Å². The molecule has 1 heterocycles. The van der Waals surface area contributed by atoms with Gasteiger partial charge in [-0.1, -0.05) is 17.9 Å². The molecule has 20 heavy (non-hydrogen) atoms. The number of aliphatic hydroxyl groups is 1. The summed E-state index contributed by atoms with van der Waals surface area (Å²) in [5, 5.41) is 15.5. The molecule has 2 aromatic rings. The monoisotopic (exact) mass is 285 g/mol. The van der Waals surface area contributed by atoms with Crippen molar-refractivity contribution in [2.24, 2.45) is 0 Å². The van der Waals surface area contributed by atoms with E-state index in [9.17, 15) is 4.79 Å². The van der Waals surface area contributed by atoms with Crippen LogP contribution in [-0.4, -0.2) is 17.6 Å². The van der Waals surface area contributed by atoms with Gasteiger partial charge in [0.2, 0.25) is 5.91 Å². The van der Waals surface area contributed by atoms with Crippen LogP contribution in [-0.2, 0) is 11.2 Å². The first kappa shape index (κ1) is 14.3. The van der Waals surface area contributed by atoms with Crippen molar-refractivity contribution in [3.8, 4) is 11.8 Å². The van der Waals surface area contributed by atoms with Crippen molar-refractivity contribution >= 4 is 22.9 Å². The molecule has 2 rings (SSSR count). The van der Waals surface area contributed by atoms with E-state index >= 15 is 0 Å². The minimum atomic E-state index is -0.173. The number of thiophene rings is 1. The number of carbonyl (C=O) groups is 1. The van der Waals surface area contributed by atoms with Gasteiger partial charge in [0.15, 0.2) is 0 Å². The van der Waals surface area contributed by atoms with Gasteiger partial charge in [0.25, 0.3) is 0 Å². The number of aryl methyl sites for hydroxylation is 1. The zero-order valence-electron chi connectivity index (χ0n) is 11.1. The average molecular weight is 285 g/mol. The number of aliphatic hydroxyl groups excluding tert-OH is 1. The zero-order chi connectivity index (χ0) is 14.4. The molecule has 1 aromatic carbocycles. The fourth-order valence-electron chi connectivity index (χ4n) is 1.75. The van der Waals surface area contributed by atoms with E-state index in [0.717, 1.165) is 22.4 Å². The van der Waals surface area contributed by atoms with Crippen LogP contribution in [0, 0.1) is 18.8 Å². The largest absolute Gasteiger partial charge is 0.384 e. The van der Waals surface area contributed by atoms with Gasteiger partial charge in [0, 0.05) is 11.3 Å². The summed E-state index contributed by atoms with van der Waals surface area (Å²) in [6.07, 6.45) is 0.371. The summed E-state index contributed by atoms with van der Waals surface area (Å²) in [7, 11) is 0. The first-order chi connectivity index (χ1) is 9.69. The van der Waals surface area contributed by atoms with E-state index in [1.165, 1.54) is 0 Å². The van der Waals surface area contributed by atoms with Crippen LogP contribution < -0.4 is 5.32 Å². The molecule has 0 atom stereocenters. The Morgan fingerprint density at radius 1 is 1.40 bits per heavy atom. The van der Waals surface area contributed by atoms with Crippen LogP contribution in [0.3, 0.4) is 0 Å². The van der Waals surface area contributed by atoms with Gasteiger partial charge in [-0.2, -0.15) is 11.3 Å². The van der Waals surface area contributed by atoms with Crippen LogP contribution in [0.25, 0.3) is 0 Å². The number of benzene rings is 1. The molecule has 0 radical (unpaired) electrons. The number of nitrogens with one attached hydrogen (secondary N) is 1. The maximum absolute atomic E-state index is 12.0. The molecule has 2 N–H and O–H groups in total. The molecule has 0 aliphatic rings. The second-order valence-electron chi connectivity index (χ2n) is 4.35. The predicted octanol–water partition coefficient (Wildman–Crippen LogP) is 2.58. The van der Waals surface area contributed by atoms with Crippen molar-refractivity contribution in [2.45, 2.75) is 13.3 Å². The van der Waals surface area contributed by atoms with Gasteiger partial charge < -0.3 is 10.4 Å². The molecule has 0 saturated heterocycles. The average Bonchev–Trinajstić information content (AvgIpc) is 2.92. The molecule has 1 aromatic heterocycles. The Kier molecular flexibility index (Phi) is 4.94. The molecule has 1 amide bonds. The number of amides is 1. The van der Waals surface area contributed by atoms with E-state index in [-0.39, 0.29) is 12.5 Å². The maximum Gasteiger partial charge on any atom is 0.228 e. The van der Waals surface area contributed by atoms with Crippen LogP contribution in [0.1, 0.15) is 16.7 Å². The molecule has 3 nitrogen and oxygen atoms in total. The maximum atomic E-state index is 12.0. The Morgan fingerprint density at radius 2 is 2.25 bits per heavy atom. The third-order valence-electron chi connectivity index (χ3n) is 2.77. The number of carbonyl (C=O) groups excluding carboxylic acids is 1. The van der Waals surface area contributed by atoms with Crippen molar-refractivity contribution in [2.75, 3.05) is 11.9 Å². The van der Waals surface area contributed by atoms with Gasteiger partial charge in [-0.15, -0.1) is 0 Å². The Bertz CT molecular complexity index is 651. The summed E-state index contributed by atoms with van der Waals surface area (Å²) in [4.78, 5) is 12.0. The highest BCUT2D eigenvalue weighted by molar-refractivity contribution is 7.08. The number of hydrogen-bond donors (Lipinski definition) is 2. The Balaban J connectivity index is 2.09. The fraction of sp³-hybridized carbons (Fsp3) is 0.188. The molecule has 4 heteroatoms. The quantitative estimate of drug-likeness (QED) is 0.852. The lowest BCUT2D eigenvalue weighted by Gasteiger charge is -2.08. The summed E-state index contributed by atoms with van der Waals surface area (Å²) >= 11 is 1.58. The van der Waals surface area contributed by atoms with Gasteiger partial charge in [-0.25, -0.2) is 0 Å². The Morgan fingerprint density at radius 3 is 2.95 bits per heavy atom. The molecule has 0 fully saturated rings. The van der Waals surface area contributed by atoms with Crippen molar-refractivity contribution in [3.05, 3.63) is 51.7 Å². The summed E-state index contributed by atoms with van der Waals surface area (Å²) in [5.41, 5.74) is 3.53.